The van der Waals surface area contributed by atoms with Crippen LogP contribution in [-0.4, -0.2) is 37.2 Å². The number of rotatable bonds is 46. The van der Waals surface area contributed by atoms with Crippen LogP contribution in [0.5, 0.6) is 0 Å². The van der Waals surface area contributed by atoms with Gasteiger partial charge >= 0.3 is 17.9 Å². The van der Waals surface area contributed by atoms with Gasteiger partial charge in [0.2, 0.25) is 0 Å². The van der Waals surface area contributed by atoms with Crippen LogP contribution in [-0.2, 0) is 28.6 Å². The van der Waals surface area contributed by atoms with E-state index in [-0.39, 0.29) is 37.5 Å². The van der Waals surface area contributed by atoms with Gasteiger partial charge in [0.05, 0.1) is 0 Å². The maximum absolute atomic E-state index is 12.8. The van der Waals surface area contributed by atoms with Crippen molar-refractivity contribution in [3.8, 4) is 0 Å². The van der Waals surface area contributed by atoms with Crippen LogP contribution < -0.4 is 0 Å². The SMILES string of the molecule is CC/C=C\C/C=C\C/C=C\C/C=C\C/C=C\C/C=C\CCC(=O)OC[C@H](COC(=O)CCCCCCC/C=C\C/C=C\CCCCC)OC(=O)CCCCCCCCCCCCCC. The van der Waals surface area contributed by atoms with Gasteiger partial charge < -0.3 is 14.2 Å². The quantitative estimate of drug-likeness (QED) is 0.0262. The molecule has 6 heteroatoms. The summed E-state index contributed by atoms with van der Waals surface area (Å²) in [6.07, 6.45) is 68.3. The van der Waals surface area contributed by atoms with Crippen molar-refractivity contribution in [2.45, 2.75) is 239 Å². The second-order valence-corrected chi connectivity index (χ2v) is 17.1. The van der Waals surface area contributed by atoms with E-state index in [1.807, 2.05) is 6.08 Å². The molecule has 0 aromatic rings. The van der Waals surface area contributed by atoms with E-state index in [2.05, 4.69) is 112 Å². The average molecular weight is 889 g/mol. The molecule has 0 unspecified atom stereocenters. The predicted octanol–water partition coefficient (Wildman–Crippen LogP) is 17.4. The van der Waals surface area contributed by atoms with Gasteiger partial charge in [0.25, 0.3) is 0 Å². The van der Waals surface area contributed by atoms with Crippen LogP contribution in [0.1, 0.15) is 233 Å². The lowest BCUT2D eigenvalue weighted by molar-refractivity contribution is -0.166. The van der Waals surface area contributed by atoms with Crippen LogP contribution in [0, 0.1) is 0 Å². The minimum absolute atomic E-state index is 0.107. The topological polar surface area (TPSA) is 78.9 Å². The highest BCUT2D eigenvalue weighted by Gasteiger charge is 2.19. The first-order valence-corrected chi connectivity index (χ1v) is 26.2. The molecule has 0 saturated carbocycles. The summed E-state index contributed by atoms with van der Waals surface area (Å²) < 4.78 is 16.7. The van der Waals surface area contributed by atoms with E-state index in [4.69, 9.17) is 14.2 Å². The third kappa shape index (κ3) is 49.3. The summed E-state index contributed by atoms with van der Waals surface area (Å²) in [7, 11) is 0. The molecule has 64 heavy (non-hydrogen) atoms. The molecule has 0 saturated heterocycles. The molecule has 6 nitrogen and oxygen atoms in total. The van der Waals surface area contributed by atoms with Gasteiger partial charge in [0, 0.05) is 19.3 Å². The summed E-state index contributed by atoms with van der Waals surface area (Å²) in [4.78, 5) is 37.9. The third-order valence-electron chi connectivity index (χ3n) is 10.8. The standard InChI is InChI=1S/C58H96O6/c1-4-7-10-13-16-19-22-25-27-28-29-30-32-34-37-39-42-45-48-51-57(60)63-54-55(64-58(61)52-49-46-43-40-35-24-21-18-15-12-9-6-3)53-62-56(59)50-47-44-41-38-36-33-31-26-23-20-17-14-11-8-5-2/h7,10,16-17,19-20,25-27,29-31,34,37,42,45,55H,4-6,8-9,11-15,18,21-24,28,32-33,35-36,38-41,43-44,46-54H2,1-3H3/b10-7-,19-16-,20-17-,27-25-,30-29-,31-26-,37-34-,45-42-/t55-/m0/s1. The summed E-state index contributed by atoms with van der Waals surface area (Å²) in [5.41, 5.74) is 0. The Morgan fingerprint density at radius 1 is 0.328 bits per heavy atom. The van der Waals surface area contributed by atoms with Gasteiger partial charge in [-0.1, -0.05) is 221 Å². The number of hydrogen-bond acceptors (Lipinski definition) is 6. The molecule has 0 spiro atoms. The van der Waals surface area contributed by atoms with Gasteiger partial charge in [0.15, 0.2) is 6.10 Å². The van der Waals surface area contributed by atoms with Crippen LogP contribution in [0.15, 0.2) is 97.2 Å². The molecule has 364 valence electrons. The third-order valence-corrected chi connectivity index (χ3v) is 10.8. The molecular weight excluding hydrogens is 793 g/mol. The Morgan fingerprint density at radius 3 is 1.08 bits per heavy atom. The van der Waals surface area contributed by atoms with Crippen LogP contribution in [0.25, 0.3) is 0 Å². The number of carbonyl (C=O) groups is 3. The monoisotopic (exact) mass is 889 g/mol. The average Bonchev–Trinajstić information content (AvgIpc) is 3.29. The lowest BCUT2D eigenvalue weighted by Crippen LogP contribution is -2.30. The Kier molecular flexibility index (Phi) is 49.0. The Balaban J connectivity index is 4.51. The van der Waals surface area contributed by atoms with E-state index in [1.54, 1.807) is 0 Å². The summed E-state index contributed by atoms with van der Waals surface area (Å²) >= 11 is 0. The zero-order valence-electron chi connectivity index (χ0n) is 41.5. The second-order valence-electron chi connectivity index (χ2n) is 17.1. The molecule has 0 aromatic carbocycles. The smallest absolute Gasteiger partial charge is 0.306 e. The Hall–Kier alpha value is -3.67. The molecule has 0 radical (unpaired) electrons. The molecule has 0 N–H and O–H groups in total. The molecule has 0 aliphatic carbocycles. The highest BCUT2D eigenvalue weighted by molar-refractivity contribution is 5.71. The molecule has 0 bridgehead atoms. The Bertz CT molecular complexity index is 1300. The van der Waals surface area contributed by atoms with Gasteiger partial charge in [-0.15, -0.1) is 0 Å². The highest BCUT2D eigenvalue weighted by atomic mass is 16.6. The van der Waals surface area contributed by atoms with Crippen molar-refractivity contribution in [3.05, 3.63) is 97.2 Å². The van der Waals surface area contributed by atoms with Crippen molar-refractivity contribution in [3.63, 3.8) is 0 Å². The zero-order valence-corrected chi connectivity index (χ0v) is 41.5. The van der Waals surface area contributed by atoms with Gasteiger partial charge in [-0.2, -0.15) is 0 Å². The second kappa shape index (κ2) is 52.0. The van der Waals surface area contributed by atoms with Gasteiger partial charge in [-0.05, 0) is 89.9 Å². The summed E-state index contributed by atoms with van der Waals surface area (Å²) in [6.45, 7) is 6.41. The van der Waals surface area contributed by atoms with Crippen molar-refractivity contribution in [2.24, 2.45) is 0 Å². The molecule has 0 rings (SSSR count). The summed E-state index contributed by atoms with van der Waals surface area (Å²) in [5, 5.41) is 0. The van der Waals surface area contributed by atoms with E-state index in [0.29, 0.717) is 19.3 Å². The lowest BCUT2D eigenvalue weighted by atomic mass is 10.0. The van der Waals surface area contributed by atoms with E-state index in [9.17, 15) is 14.4 Å². The molecule has 0 amide bonds. The molecular formula is C58H96O6. The van der Waals surface area contributed by atoms with Crippen molar-refractivity contribution >= 4 is 17.9 Å². The first kappa shape index (κ1) is 60.3. The Morgan fingerprint density at radius 2 is 0.641 bits per heavy atom. The van der Waals surface area contributed by atoms with Gasteiger partial charge in [0.1, 0.15) is 13.2 Å². The fraction of sp³-hybridized carbons (Fsp3) is 0.672. The van der Waals surface area contributed by atoms with Crippen LogP contribution in [0.2, 0.25) is 0 Å². The van der Waals surface area contributed by atoms with E-state index in [1.165, 1.54) is 83.5 Å². The number of hydrogen-bond donors (Lipinski definition) is 0. The normalized spacial score (nSPS) is 12.9. The molecule has 1 atom stereocenters. The van der Waals surface area contributed by atoms with Crippen LogP contribution >= 0.6 is 0 Å². The fourth-order valence-electron chi connectivity index (χ4n) is 6.91. The molecule has 0 heterocycles. The van der Waals surface area contributed by atoms with Gasteiger partial charge in [-0.25, -0.2) is 0 Å². The first-order chi connectivity index (χ1) is 31.5. The maximum Gasteiger partial charge on any atom is 0.306 e. The number of unbranched alkanes of at least 4 members (excludes halogenated alkanes) is 19. The van der Waals surface area contributed by atoms with Crippen LogP contribution in [0.4, 0.5) is 0 Å². The Labute approximate surface area is 394 Å². The van der Waals surface area contributed by atoms with Crippen molar-refractivity contribution in [2.75, 3.05) is 13.2 Å². The molecule has 0 aliphatic rings. The molecule has 0 aromatic heterocycles. The van der Waals surface area contributed by atoms with Crippen molar-refractivity contribution in [1.82, 2.24) is 0 Å². The van der Waals surface area contributed by atoms with E-state index < -0.39 is 6.10 Å². The fourth-order valence-corrected chi connectivity index (χ4v) is 6.91. The minimum atomic E-state index is -0.812. The first-order valence-electron chi connectivity index (χ1n) is 26.2. The zero-order chi connectivity index (χ0) is 46.5. The number of carbonyl (C=O) groups excluding carboxylic acids is 3. The van der Waals surface area contributed by atoms with Crippen molar-refractivity contribution < 1.29 is 28.6 Å². The summed E-state index contributed by atoms with van der Waals surface area (Å²) in [6, 6.07) is 0. The van der Waals surface area contributed by atoms with Crippen LogP contribution in [0.3, 0.4) is 0 Å². The summed E-state index contributed by atoms with van der Waals surface area (Å²) in [5.74, 6) is -1.01. The lowest BCUT2D eigenvalue weighted by Gasteiger charge is -2.18. The van der Waals surface area contributed by atoms with Gasteiger partial charge in [-0.3, -0.25) is 14.4 Å². The van der Waals surface area contributed by atoms with E-state index >= 15 is 0 Å². The maximum atomic E-state index is 12.8. The van der Waals surface area contributed by atoms with Crippen molar-refractivity contribution in [1.29, 1.82) is 0 Å². The largest absolute Gasteiger partial charge is 0.462 e. The van der Waals surface area contributed by atoms with E-state index in [0.717, 1.165) is 103 Å². The highest BCUT2D eigenvalue weighted by Crippen LogP contribution is 2.14. The molecule has 0 fully saturated rings. The predicted molar refractivity (Wildman–Crippen MR) is 274 cm³/mol. The number of ether oxygens (including phenoxy) is 3. The number of allylic oxidation sites excluding steroid dienone is 16. The molecule has 0 aliphatic heterocycles. The minimum Gasteiger partial charge on any atom is -0.462 e. The number of esters is 3.